The van der Waals surface area contributed by atoms with E-state index in [0.717, 1.165) is 22.5 Å². The Kier molecular flexibility index (Phi) is 8.55. The van der Waals surface area contributed by atoms with Crippen LogP contribution in [0, 0.1) is 0 Å². The first kappa shape index (κ1) is 27.4. The van der Waals surface area contributed by atoms with Crippen LogP contribution in [0.25, 0.3) is 10.9 Å². The number of thiophene rings is 1. The summed E-state index contributed by atoms with van der Waals surface area (Å²) >= 11 is 6.89. The van der Waals surface area contributed by atoms with Crippen molar-refractivity contribution in [3.8, 4) is 5.75 Å². The molecule has 0 saturated carbocycles. The van der Waals surface area contributed by atoms with E-state index in [2.05, 4.69) is 19.9 Å². The number of rotatable bonds is 11. The fourth-order valence-electron chi connectivity index (χ4n) is 3.80. The summed E-state index contributed by atoms with van der Waals surface area (Å²) in [5.41, 5.74) is 2.42. The molecule has 38 heavy (non-hydrogen) atoms. The monoisotopic (exact) mass is 576 g/mol. The highest BCUT2D eigenvalue weighted by Crippen LogP contribution is 2.35. The van der Waals surface area contributed by atoms with Gasteiger partial charge in [-0.25, -0.2) is 8.42 Å². The number of carbonyl (C=O) groups excluding carboxylic acids is 2. The fraction of sp³-hybridized carbons (Fsp3) is 0.240. The molecular weight excluding hydrogens is 552 g/mol. The second-order valence-electron chi connectivity index (χ2n) is 8.20. The van der Waals surface area contributed by atoms with Crippen molar-refractivity contribution in [2.45, 2.75) is 30.1 Å². The number of hydrogen-bond acceptors (Lipinski definition) is 8. The predicted molar refractivity (Wildman–Crippen MR) is 145 cm³/mol. The molecule has 0 bridgehead atoms. The molecule has 0 saturated heterocycles. The summed E-state index contributed by atoms with van der Waals surface area (Å²) in [5.74, 6) is -0.0870. The van der Waals surface area contributed by atoms with Gasteiger partial charge in [0.05, 0.1) is 42.4 Å². The van der Waals surface area contributed by atoms with Crippen molar-refractivity contribution >= 4 is 61.6 Å². The van der Waals surface area contributed by atoms with E-state index in [1.54, 1.807) is 16.8 Å². The van der Waals surface area contributed by atoms with Crippen molar-refractivity contribution < 1.29 is 27.5 Å². The number of methoxy groups -OCH3 is 2. The first-order valence-corrected chi connectivity index (χ1v) is 14.1. The largest absolute Gasteiger partial charge is 0.496 e. The SMILES string of the molecule is COC(=O)CCC(=O)NCc1cccc(Cn2nc(NS(=O)(=O)c3ccc(Cl)s3)c3c(OC)cccc32)c1. The number of aromatic nitrogens is 2. The third kappa shape index (κ3) is 6.44. The highest BCUT2D eigenvalue weighted by atomic mass is 35.5. The minimum absolute atomic E-state index is 0.0177. The summed E-state index contributed by atoms with van der Waals surface area (Å²) in [6, 6.07) is 15.9. The van der Waals surface area contributed by atoms with Crippen molar-refractivity contribution in [1.82, 2.24) is 15.1 Å². The molecule has 0 fully saturated rings. The van der Waals surface area contributed by atoms with Crippen molar-refractivity contribution in [3.63, 3.8) is 0 Å². The second-order valence-corrected chi connectivity index (χ2v) is 11.8. The van der Waals surface area contributed by atoms with E-state index in [-0.39, 0.29) is 35.3 Å². The molecule has 0 radical (unpaired) electrons. The Balaban J connectivity index is 1.57. The average molecular weight is 577 g/mol. The number of ether oxygens (including phenoxy) is 2. The van der Waals surface area contributed by atoms with E-state index in [4.69, 9.17) is 16.3 Å². The van der Waals surface area contributed by atoms with Crippen molar-refractivity contribution in [3.05, 3.63) is 70.1 Å². The standard InChI is InChI=1S/C25H25ClN4O6S2/c1-35-19-8-4-7-18-24(19)25(29-38(33,34)23-12-9-20(26)37-23)28-30(18)15-17-6-3-5-16(13-17)14-27-21(31)10-11-22(32)36-2/h3-9,12-13H,10-11,14-15H2,1-2H3,(H,27,31)(H,28,29). The molecule has 2 aromatic carbocycles. The molecule has 0 aliphatic carbocycles. The lowest BCUT2D eigenvalue weighted by Crippen LogP contribution is -2.23. The minimum atomic E-state index is -3.92. The molecular formula is C25H25ClN4O6S2. The number of nitrogens with zero attached hydrogens (tertiary/aromatic N) is 2. The Labute approximate surface area is 228 Å². The predicted octanol–water partition coefficient (Wildman–Crippen LogP) is 4.18. The van der Waals surface area contributed by atoms with Gasteiger partial charge in [0.15, 0.2) is 5.82 Å². The maximum absolute atomic E-state index is 13.0. The third-order valence-electron chi connectivity index (χ3n) is 5.60. The van der Waals surface area contributed by atoms with E-state index in [0.29, 0.717) is 27.5 Å². The van der Waals surface area contributed by atoms with Crippen LogP contribution < -0.4 is 14.8 Å². The maximum Gasteiger partial charge on any atom is 0.306 e. The molecule has 1 amide bonds. The summed E-state index contributed by atoms with van der Waals surface area (Å²) in [6.45, 7) is 0.621. The lowest BCUT2D eigenvalue weighted by Gasteiger charge is -2.09. The summed E-state index contributed by atoms with van der Waals surface area (Å²) < 4.78 is 40.7. The van der Waals surface area contributed by atoms with Gasteiger partial charge >= 0.3 is 5.97 Å². The van der Waals surface area contributed by atoms with Crippen LogP contribution in [0.15, 0.2) is 58.8 Å². The Morgan fingerprint density at radius 2 is 1.82 bits per heavy atom. The first-order valence-electron chi connectivity index (χ1n) is 11.4. The first-order chi connectivity index (χ1) is 18.2. The molecule has 2 heterocycles. The number of anilines is 1. The Morgan fingerprint density at radius 3 is 2.53 bits per heavy atom. The van der Waals surface area contributed by atoms with Gasteiger partial charge in [-0.2, -0.15) is 5.10 Å². The fourth-order valence-corrected chi connectivity index (χ4v) is 6.29. The lowest BCUT2D eigenvalue weighted by atomic mass is 10.1. The summed E-state index contributed by atoms with van der Waals surface area (Å²) in [4.78, 5) is 23.3. The number of sulfonamides is 1. The van der Waals surface area contributed by atoms with Gasteiger partial charge in [0.1, 0.15) is 9.96 Å². The van der Waals surface area contributed by atoms with Gasteiger partial charge in [-0.1, -0.05) is 41.9 Å². The van der Waals surface area contributed by atoms with Crippen LogP contribution in [0.3, 0.4) is 0 Å². The molecule has 13 heteroatoms. The van der Waals surface area contributed by atoms with E-state index < -0.39 is 16.0 Å². The number of fused-ring (bicyclic) bond motifs is 1. The second kappa shape index (κ2) is 11.8. The highest BCUT2D eigenvalue weighted by Gasteiger charge is 2.23. The highest BCUT2D eigenvalue weighted by molar-refractivity contribution is 7.94. The van der Waals surface area contributed by atoms with E-state index >= 15 is 0 Å². The average Bonchev–Trinajstić information content (AvgIpc) is 3.50. The van der Waals surface area contributed by atoms with Crippen LogP contribution in [-0.2, 0) is 37.4 Å². The van der Waals surface area contributed by atoms with Gasteiger partial charge < -0.3 is 14.8 Å². The number of nitrogens with one attached hydrogen (secondary N) is 2. The van der Waals surface area contributed by atoms with E-state index in [1.165, 1.54) is 26.4 Å². The maximum atomic E-state index is 13.0. The summed E-state index contributed by atoms with van der Waals surface area (Å²) in [7, 11) is -1.13. The van der Waals surface area contributed by atoms with Crippen LogP contribution >= 0.6 is 22.9 Å². The molecule has 2 N–H and O–H groups in total. The van der Waals surface area contributed by atoms with Gasteiger partial charge in [-0.05, 0) is 35.4 Å². The molecule has 4 aromatic rings. The Morgan fingerprint density at radius 1 is 1.05 bits per heavy atom. The minimum Gasteiger partial charge on any atom is -0.496 e. The zero-order valence-corrected chi connectivity index (χ0v) is 23.0. The molecule has 0 aliphatic rings. The summed E-state index contributed by atoms with van der Waals surface area (Å²) in [6.07, 6.45) is 0.0632. The molecule has 0 unspecified atom stereocenters. The zero-order valence-electron chi connectivity index (χ0n) is 20.6. The third-order valence-corrected chi connectivity index (χ3v) is 8.66. The molecule has 200 valence electrons. The van der Waals surface area contributed by atoms with Crippen LogP contribution in [0.5, 0.6) is 5.75 Å². The number of halogens is 1. The van der Waals surface area contributed by atoms with Gasteiger partial charge in [0.2, 0.25) is 5.91 Å². The van der Waals surface area contributed by atoms with Crippen LogP contribution in [-0.4, -0.2) is 44.3 Å². The van der Waals surface area contributed by atoms with Gasteiger partial charge in [-0.15, -0.1) is 11.3 Å². The number of esters is 1. The Hall–Kier alpha value is -3.61. The molecule has 4 rings (SSSR count). The van der Waals surface area contributed by atoms with Gasteiger partial charge in [0, 0.05) is 13.0 Å². The normalized spacial score (nSPS) is 11.3. The van der Waals surface area contributed by atoms with Gasteiger partial charge in [-0.3, -0.25) is 19.0 Å². The smallest absolute Gasteiger partial charge is 0.306 e. The molecule has 2 aromatic heterocycles. The molecule has 0 atom stereocenters. The molecule has 0 aliphatic heterocycles. The topological polar surface area (TPSA) is 129 Å². The van der Waals surface area contributed by atoms with E-state index in [9.17, 15) is 18.0 Å². The number of amides is 1. The van der Waals surface area contributed by atoms with Crippen LogP contribution in [0.1, 0.15) is 24.0 Å². The van der Waals surface area contributed by atoms with Crippen molar-refractivity contribution in [1.29, 1.82) is 0 Å². The van der Waals surface area contributed by atoms with Crippen molar-refractivity contribution in [2.75, 3.05) is 18.9 Å². The summed E-state index contributed by atoms with van der Waals surface area (Å²) in [5, 5.41) is 7.88. The van der Waals surface area contributed by atoms with E-state index in [1.807, 2.05) is 30.3 Å². The van der Waals surface area contributed by atoms with Crippen molar-refractivity contribution in [2.24, 2.45) is 0 Å². The van der Waals surface area contributed by atoms with Crippen LogP contribution in [0.2, 0.25) is 4.34 Å². The van der Waals surface area contributed by atoms with Crippen LogP contribution in [0.4, 0.5) is 5.82 Å². The molecule has 10 nitrogen and oxygen atoms in total. The number of carbonyl (C=O) groups is 2. The number of hydrogen-bond donors (Lipinski definition) is 2. The van der Waals surface area contributed by atoms with Gasteiger partial charge in [0.25, 0.3) is 10.0 Å². The Bertz CT molecular complexity index is 1580. The zero-order chi connectivity index (χ0) is 27.3. The number of benzene rings is 2. The quantitative estimate of drug-likeness (QED) is 0.256. The molecule has 0 spiro atoms. The lowest BCUT2D eigenvalue weighted by molar-refractivity contribution is -0.142.